The largest absolute Gasteiger partial charge is 0.326 e. The van der Waals surface area contributed by atoms with Crippen LogP contribution in [0, 0.1) is 0 Å². The topological polar surface area (TPSA) is 33.0 Å². The molecule has 0 saturated heterocycles. The molecule has 0 aliphatic heterocycles. The number of nitrogens with zero attached hydrogens (tertiary/aromatic N) is 1. The Morgan fingerprint density at radius 1 is 1.12 bits per heavy atom. The standard InChI is InChI=1S/C21H21IN2OS/c1-16(25)23-18-11-8-17(9-12-18)10-13-21-24(15-5-4-14-22)19-6-2-3-7-20(19)26-21/h2-3,6-13H,4-5,14-15H2,1H3/p+1. The maximum atomic E-state index is 11.1. The zero-order chi connectivity index (χ0) is 18.4. The number of benzene rings is 2. The van der Waals surface area contributed by atoms with Crippen molar-refractivity contribution in [1.29, 1.82) is 0 Å². The average Bonchev–Trinajstić information content (AvgIpc) is 2.99. The Kier molecular flexibility index (Phi) is 6.80. The van der Waals surface area contributed by atoms with Gasteiger partial charge in [0.15, 0.2) is 6.54 Å². The van der Waals surface area contributed by atoms with E-state index in [0.29, 0.717) is 0 Å². The van der Waals surface area contributed by atoms with Crippen LogP contribution in [0.2, 0.25) is 0 Å². The van der Waals surface area contributed by atoms with Crippen LogP contribution in [0.5, 0.6) is 0 Å². The summed E-state index contributed by atoms with van der Waals surface area (Å²) in [6, 6.07) is 16.5. The van der Waals surface area contributed by atoms with Gasteiger partial charge in [-0.05, 0) is 40.7 Å². The Balaban J connectivity index is 1.83. The number of hydrogen-bond donors (Lipinski definition) is 1. The van der Waals surface area contributed by atoms with E-state index in [1.807, 2.05) is 35.6 Å². The minimum atomic E-state index is -0.0499. The number of rotatable bonds is 7. The number of alkyl halides is 1. The first-order valence-electron chi connectivity index (χ1n) is 8.70. The van der Waals surface area contributed by atoms with E-state index in [9.17, 15) is 4.79 Å². The van der Waals surface area contributed by atoms with Crippen LogP contribution in [0.15, 0.2) is 48.5 Å². The Hall–Kier alpha value is -1.73. The molecule has 0 spiro atoms. The van der Waals surface area contributed by atoms with Crippen LogP contribution >= 0.6 is 33.9 Å². The molecule has 1 heterocycles. The average molecular weight is 477 g/mol. The van der Waals surface area contributed by atoms with Gasteiger partial charge in [0.05, 0.1) is 0 Å². The fraction of sp³-hybridized carbons (Fsp3) is 0.238. The number of amides is 1. The third kappa shape index (κ3) is 4.92. The smallest absolute Gasteiger partial charge is 0.262 e. The molecule has 2 aromatic carbocycles. The first kappa shape index (κ1) is 19.0. The number of carbonyl (C=O) groups excluding carboxylic acids is 1. The second-order valence-corrected chi connectivity index (χ2v) is 8.23. The number of aromatic nitrogens is 1. The highest BCUT2D eigenvalue weighted by Gasteiger charge is 2.17. The van der Waals surface area contributed by atoms with Crippen molar-refractivity contribution >= 4 is 67.9 Å². The van der Waals surface area contributed by atoms with Gasteiger partial charge in [-0.3, -0.25) is 4.79 Å². The SMILES string of the molecule is CC(=O)Nc1ccc(/C=C/c2sc3ccccc3[n+]2CCCCI)cc1. The lowest BCUT2D eigenvalue weighted by atomic mass is 10.2. The molecule has 1 N–H and O–H groups in total. The highest BCUT2D eigenvalue weighted by atomic mass is 127. The summed E-state index contributed by atoms with van der Waals surface area (Å²) in [4.78, 5) is 11.1. The molecule has 1 aromatic heterocycles. The number of anilines is 1. The summed E-state index contributed by atoms with van der Waals surface area (Å²) >= 11 is 4.27. The number of para-hydroxylation sites is 1. The summed E-state index contributed by atoms with van der Waals surface area (Å²) in [6.45, 7) is 2.57. The van der Waals surface area contributed by atoms with Crippen LogP contribution < -0.4 is 9.88 Å². The lowest BCUT2D eigenvalue weighted by Gasteiger charge is -2.01. The minimum absolute atomic E-state index is 0.0499. The molecule has 0 aliphatic rings. The van der Waals surface area contributed by atoms with Crippen molar-refractivity contribution < 1.29 is 9.36 Å². The van der Waals surface area contributed by atoms with Gasteiger partial charge in [0.2, 0.25) is 11.4 Å². The van der Waals surface area contributed by atoms with Gasteiger partial charge < -0.3 is 5.32 Å². The molecule has 26 heavy (non-hydrogen) atoms. The lowest BCUT2D eigenvalue weighted by molar-refractivity contribution is -0.669. The second-order valence-electron chi connectivity index (χ2n) is 6.09. The van der Waals surface area contributed by atoms with Gasteiger partial charge >= 0.3 is 0 Å². The normalized spacial score (nSPS) is 11.3. The molecule has 5 heteroatoms. The zero-order valence-electron chi connectivity index (χ0n) is 14.7. The zero-order valence-corrected chi connectivity index (χ0v) is 17.7. The molecule has 0 fully saturated rings. The van der Waals surface area contributed by atoms with Crippen LogP contribution in [-0.4, -0.2) is 10.3 Å². The van der Waals surface area contributed by atoms with Crippen molar-refractivity contribution in [1.82, 2.24) is 0 Å². The molecule has 3 aromatic rings. The summed E-state index contributed by atoms with van der Waals surface area (Å²) in [5.74, 6) is -0.0499. The summed E-state index contributed by atoms with van der Waals surface area (Å²) < 4.78 is 4.95. The molecule has 0 atom stereocenters. The monoisotopic (exact) mass is 477 g/mol. The third-order valence-electron chi connectivity index (χ3n) is 4.05. The first-order chi connectivity index (χ1) is 12.7. The molecule has 3 nitrogen and oxygen atoms in total. The Morgan fingerprint density at radius 2 is 1.88 bits per heavy atom. The van der Waals surface area contributed by atoms with Crippen molar-refractivity contribution in [3.63, 3.8) is 0 Å². The van der Waals surface area contributed by atoms with Crippen molar-refractivity contribution in [2.24, 2.45) is 0 Å². The maximum absolute atomic E-state index is 11.1. The van der Waals surface area contributed by atoms with E-state index >= 15 is 0 Å². The van der Waals surface area contributed by atoms with Gasteiger partial charge in [0.1, 0.15) is 4.70 Å². The fourth-order valence-electron chi connectivity index (χ4n) is 2.82. The number of aryl methyl sites for hydroxylation is 1. The summed E-state index contributed by atoms with van der Waals surface area (Å²) in [6.07, 6.45) is 6.77. The van der Waals surface area contributed by atoms with Gasteiger partial charge in [-0.15, -0.1) is 0 Å². The quantitative estimate of drug-likeness (QED) is 0.206. The summed E-state index contributed by atoms with van der Waals surface area (Å²) in [7, 11) is 0. The number of halogens is 1. The molecule has 3 rings (SSSR count). The van der Waals surface area contributed by atoms with E-state index in [1.54, 1.807) is 0 Å². The summed E-state index contributed by atoms with van der Waals surface area (Å²) in [5, 5.41) is 4.06. The third-order valence-corrected chi connectivity index (χ3v) is 5.94. The van der Waals surface area contributed by atoms with Crippen LogP contribution in [0.1, 0.15) is 30.3 Å². The fourth-order valence-corrected chi connectivity index (χ4v) is 4.45. The van der Waals surface area contributed by atoms with E-state index in [2.05, 4.69) is 68.9 Å². The van der Waals surface area contributed by atoms with Crippen LogP contribution in [0.3, 0.4) is 0 Å². The van der Waals surface area contributed by atoms with Crippen molar-refractivity contribution in [2.45, 2.75) is 26.3 Å². The van der Waals surface area contributed by atoms with Gasteiger partial charge in [-0.25, -0.2) is 0 Å². The van der Waals surface area contributed by atoms with E-state index < -0.39 is 0 Å². The Morgan fingerprint density at radius 3 is 2.62 bits per heavy atom. The summed E-state index contributed by atoms with van der Waals surface area (Å²) in [5.41, 5.74) is 3.26. The van der Waals surface area contributed by atoms with Crippen molar-refractivity contribution in [2.75, 3.05) is 9.74 Å². The second kappa shape index (κ2) is 9.28. The predicted octanol–water partition coefficient (Wildman–Crippen LogP) is 5.53. The van der Waals surface area contributed by atoms with Gasteiger partial charge in [0.25, 0.3) is 5.01 Å². The van der Waals surface area contributed by atoms with Crippen LogP contribution in [0.4, 0.5) is 5.69 Å². The van der Waals surface area contributed by atoms with E-state index in [-0.39, 0.29) is 5.91 Å². The van der Waals surface area contributed by atoms with E-state index in [4.69, 9.17) is 0 Å². The number of carbonyl (C=O) groups is 1. The van der Waals surface area contributed by atoms with Gasteiger partial charge in [-0.2, -0.15) is 4.57 Å². The highest BCUT2D eigenvalue weighted by Crippen LogP contribution is 2.22. The van der Waals surface area contributed by atoms with Crippen LogP contribution in [-0.2, 0) is 11.3 Å². The van der Waals surface area contributed by atoms with Gasteiger partial charge in [0, 0.05) is 31.2 Å². The molecular formula is C21H22IN2OS+. The number of thiazole rings is 1. The molecule has 134 valence electrons. The molecule has 0 aliphatic carbocycles. The molecule has 0 bridgehead atoms. The number of nitrogens with one attached hydrogen (secondary N) is 1. The van der Waals surface area contributed by atoms with E-state index in [0.717, 1.165) is 17.8 Å². The van der Waals surface area contributed by atoms with Crippen molar-refractivity contribution in [3.8, 4) is 0 Å². The van der Waals surface area contributed by atoms with E-state index in [1.165, 1.54) is 39.4 Å². The highest BCUT2D eigenvalue weighted by molar-refractivity contribution is 14.1. The number of unbranched alkanes of at least 4 members (excludes halogenated alkanes) is 1. The molecular weight excluding hydrogens is 455 g/mol. The maximum Gasteiger partial charge on any atom is 0.262 e. The minimum Gasteiger partial charge on any atom is -0.326 e. The Labute approximate surface area is 171 Å². The first-order valence-corrected chi connectivity index (χ1v) is 11.0. The number of hydrogen-bond acceptors (Lipinski definition) is 2. The van der Waals surface area contributed by atoms with Crippen molar-refractivity contribution in [3.05, 3.63) is 59.1 Å². The Bertz CT molecular complexity index is 915. The predicted molar refractivity (Wildman–Crippen MR) is 120 cm³/mol. The lowest BCUT2D eigenvalue weighted by Crippen LogP contribution is -2.35. The number of fused-ring (bicyclic) bond motifs is 1. The molecule has 0 unspecified atom stereocenters. The van der Waals surface area contributed by atoms with Gasteiger partial charge in [-0.1, -0.05) is 58.2 Å². The van der Waals surface area contributed by atoms with Crippen LogP contribution in [0.25, 0.3) is 22.4 Å². The molecule has 1 amide bonds. The molecule has 0 radical (unpaired) electrons. The molecule has 0 saturated carbocycles.